The smallest absolute Gasteiger partial charge is 0.338 e. The fourth-order valence-electron chi connectivity index (χ4n) is 2.67. The molecular formula is C18H14F2O3. The average molecular weight is 316 g/mol. The molecule has 0 aliphatic heterocycles. The molecule has 1 aliphatic carbocycles. The maximum atomic E-state index is 13.1. The number of Topliss-reactive ketones (excluding diaryl/α,β-unsaturated/α-hetero) is 1. The zero-order valence-electron chi connectivity index (χ0n) is 12.3. The van der Waals surface area contributed by atoms with E-state index in [2.05, 4.69) is 0 Å². The summed E-state index contributed by atoms with van der Waals surface area (Å²) in [4.78, 5) is 23.9. The summed E-state index contributed by atoms with van der Waals surface area (Å²) < 4.78 is 30.9. The van der Waals surface area contributed by atoms with E-state index in [1.165, 1.54) is 5.56 Å². The molecule has 0 atom stereocenters. The fraction of sp³-hybridized carbons (Fsp3) is 0.222. The third-order valence-corrected chi connectivity index (χ3v) is 3.91. The van der Waals surface area contributed by atoms with Gasteiger partial charge in [0.05, 0.1) is 5.56 Å². The fourth-order valence-corrected chi connectivity index (χ4v) is 2.67. The van der Waals surface area contributed by atoms with Crippen molar-refractivity contribution in [1.29, 1.82) is 0 Å². The van der Waals surface area contributed by atoms with Crippen LogP contribution in [0.25, 0.3) is 0 Å². The molecule has 0 radical (unpaired) electrons. The second-order valence-corrected chi connectivity index (χ2v) is 5.47. The van der Waals surface area contributed by atoms with Crippen molar-refractivity contribution in [2.24, 2.45) is 0 Å². The molecule has 0 bridgehead atoms. The number of rotatable bonds is 4. The maximum Gasteiger partial charge on any atom is 0.338 e. The number of benzene rings is 2. The van der Waals surface area contributed by atoms with E-state index in [1.807, 2.05) is 6.07 Å². The van der Waals surface area contributed by atoms with Gasteiger partial charge in [-0.25, -0.2) is 13.6 Å². The molecule has 118 valence electrons. The van der Waals surface area contributed by atoms with Crippen LogP contribution >= 0.6 is 0 Å². The van der Waals surface area contributed by atoms with E-state index in [9.17, 15) is 18.4 Å². The first-order valence-corrected chi connectivity index (χ1v) is 7.32. The molecule has 2 aromatic carbocycles. The number of carbonyl (C=O) groups is 2. The van der Waals surface area contributed by atoms with Crippen LogP contribution in [0.15, 0.2) is 36.4 Å². The van der Waals surface area contributed by atoms with Gasteiger partial charge in [-0.3, -0.25) is 4.79 Å². The molecule has 0 amide bonds. The van der Waals surface area contributed by atoms with Crippen molar-refractivity contribution in [3.63, 3.8) is 0 Å². The average Bonchev–Trinajstić information content (AvgIpc) is 3.02. The van der Waals surface area contributed by atoms with Crippen LogP contribution in [0.1, 0.15) is 38.3 Å². The number of ketones is 1. The Bertz CT molecular complexity index is 784. The summed E-state index contributed by atoms with van der Waals surface area (Å²) in [6.07, 6.45) is 3.02. The quantitative estimate of drug-likeness (QED) is 0.640. The number of fused-ring (bicyclic) bond motifs is 1. The number of carbonyl (C=O) groups excluding carboxylic acids is 2. The Hall–Kier alpha value is -2.56. The normalized spacial score (nSPS) is 12.8. The molecule has 0 unspecified atom stereocenters. The van der Waals surface area contributed by atoms with Gasteiger partial charge < -0.3 is 4.74 Å². The summed E-state index contributed by atoms with van der Waals surface area (Å²) >= 11 is 0. The SMILES string of the molecule is O=C(COC(=O)c1ccc2c(c1)CCC2)c1ccc(F)c(F)c1. The highest BCUT2D eigenvalue weighted by molar-refractivity contribution is 5.99. The molecule has 0 spiro atoms. The molecule has 1 aliphatic rings. The Morgan fingerprint density at radius 1 is 0.913 bits per heavy atom. The van der Waals surface area contributed by atoms with Gasteiger partial charge in [0.1, 0.15) is 0 Å². The lowest BCUT2D eigenvalue weighted by atomic mass is 10.1. The van der Waals surface area contributed by atoms with Crippen molar-refractivity contribution >= 4 is 11.8 Å². The topological polar surface area (TPSA) is 43.4 Å². The number of hydrogen-bond donors (Lipinski definition) is 0. The summed E-state index contributed by atoms with van der Waals surface area (Å²) in [7, 11) is 0. The van der Waals surface area contributed by atoms with Crippen molar-refractivity contribution in [1.82, 2.24) is 0 Å². The van der Waals surface area contributed by atoms with Gasteiger partial charge in [0.15, 0.2) is 24.0 Å². The van der Waals surface area contributed by atoms with Gasteiger partial charge in [0.25, 0.3) is 0 Å². The third-order valence-electron chi connectivity index (χ3n) is 3.91. The van der Waals surface area contributed by atoms with Crippen LogP contribution in [0.3, 0.4) is 0 Å². The van der Waals surface area contributed by atoms with Gasteiger partial charge in [-0.15, -0.1) is 0 Å². The second kappa shape index (κ2) is 6.28. The minimum Gasteiger partial charge on any atom is -0.454 e. The number of halogens is 2. The van der Waals surface area contributed by atoms with E-state index < -0.39 is 30.0 Å². The highest BCUT2D eigenvalue weighted by atomic mass is 19.2. The minimum absolute atomic E-state index is 0.0364. The molecule has 3 rings (SSSR count). The standard InChI is InChI=1S/C18H14F2O3/c19-15-7-6-13(9-16(15)20)17(21)10-23-18(22)14-5-4-11-2-1-3-12(11)8-14/h4-9H,1-3,10H2. The van der Waals surface area contributed by atoms with Crippen LogP contribution in [-0.2, 0) is 17.6 Å². The zero-order chi connectivity index (χ0) is 16.4. The van der Waals surface area contributed by atoms with Crippen molar-refractivity contribution in [3.05, 3.63) is 70.3 Å². The van der Waals surface area contributed by atoms with Gasteiger partial charge in [-0.05, 0) is 60.7 Å². The summed E-state index contributed by atoms with van der Waals surface area (Å²) in [5.74, 6) is -3.33. The number of aryl methyl sites for hydroxylation is 2. The molecule has 0 saturated carbocycles. The summed E-state index contributed by atoms with van der Waals surface area (Å²) in [6.45, 7) is -0.513. The van der Waals surface area contributed by atoms with Gasteiger partial charge >= 0.3 is 5.97 Å². The minimum atomic E-state index is -1.11. The van der Waals surface area contributed by atoms with Crippen LogP contribution in [-0.4, -0.2) is 18.4 Å². The van der Waals surface area contributed by atoms with Gasteiger partial charge in [0, 0.05) is 5.56 Å². The van der Waals surface area contributed by atoms with Crippen molar-refractivity contribution in [2.75, 3.05) is 6.61 Å². The van der Waals surface area contributed by atoms with E-state index in [0.29, 0.717) is 5.56 Å². The van der Waals surface area contributed by atoms with E-state index in [0.717, 1.165) is 43.0 Å². The van der Waals surface area contributed by atoms with Crippen molar-refractivity contribution in [2.45, 2.75) is 19.3 Å². The van der Waals surface area contributed by atoms with E-state index in [1.54, 1.807) is 12.1 Å². The first kappa shape index (κ1) is 15.3. The Balaban J connectivity index is 1.64. The molecule has 3 nitrogen and oxygen atoms in total. The van der Waals surface area contributed by atoms with E-state index in [4.69, 9.17) is 4.74 Å². The summed E-state index contributed by atoms with van der Waals surface area (Å²) in [5, 5.41) is 0. The lowest BCUT2D eigenvalue weighted by Gasteiger charge is -2.06. The van der Waals surface area contributed by atoms with Crippen LogP contribution in [0.4, 0.5) is 8.78 Å². The zero-order valence-corrected chi connectivity index (χ0v) is 12.3. The molecule has 5 heteroatoms. The molecule has 0 fully saturated rings. The van der Waals surface area contributed by atoms with Gasteiger partial charge in [0.2, 0.25) is 0 Å². The lowest BCUT2D eigenvalue weighted by molar-refractivity contribution is 0.0474. The second-order valence-electron chi connectivity index (χ2n) is 5.47. The number of esters is 1. The number of ether oxygens (including phenoxy) is 1. The van der Waals surface area contributed by atoms with Gasteiger partial charge in [-0.1, -0.05) is 6.07 Å². The lowest BCUT2D eigenvalue weighted by Crippen LogP contribution is -2.14. The van der Waals surface area contributed by atoms with Gasteiger partial charge in [-0.2, -0.15) is 0 Å². The Labute approximate surface area is 131 Å². The monoisotopic (exact) mass is 316 g/mol. The van der Waals surface area contributed by atoms with Crippen LogP contribution in [0.5, 0.6) is 0 Å². The molecule has 0 N–H and O–H groups in total. The summed E-state index contributed by atoms with van der Waals surface area (Å²) in [6, 6.07) is 8.17. The van der Waals surface area contributed by atoms with E-state index >= 15 is 0 Å². The van der Waals surface area contributed by atoms with Crippen LogP contribution in [0.2, 0.25) is 0 Å². The largest absolute Gasteiger partial charge is 0.454 e. The van der Waals surface area contributed by atoms with E-state index in [-0.39, 0.29) is 5.56 Å². The molecule has 0 saturated heterocycles. The molecule has 2 aromatic rings. The highest BCUT2D eigenvalue weighted by Crippen LogP contribution is 2.23. The predicted octanol–water partition coefficient (Wildman–Crippen LogP) is 3.49. The van der Waals surface area contributed by atoms with Crippen LogP contribution in [0, 0.1) is 11.6 Å². The first-order valence-electron chi connectivity index (χ1n) is 7.32. The Morgan fingerprint density at radius 2 is 1.65 bits per heavy atom. The summed E-state index contributed by atoms with van der Waals surface area (Å²) in [5.41, 5.74) is 2.72. The molecule has 23 heavy (non-hydrogen) atoms. The first-order chi connectivity index (χ1) is 11.0. The highest BCUT2D eigenvalue weighted by Gasteiger charge is 2.16. The molecule has 0 heterocycles. The third kappa shape index (κ3) is 3.28. The van der Waals surface area contributed by atoms with Crippen molar-refractivity contribution in [3.8, 4) is 0 Å². The molecule has 0 aromatic heterocycles. The Morgan fingerprint density at radius 3 is 2.43 bits per heavy atom. The maximum absolute atomic E-state index is 13.1. The molecular weight excluding hydrogens is 302 g/mol. The Kier molecular flexibility index (Phi) is 4.19. The van der Waals surface area contributed by atoms with Crippen LogP contribution < -0.4 is 0 Å². The predicted molar refractivity (Wildman–Crippen MR) is 79.4 cm³/mol. The van der Waals surface area contributed by atoms with Crippen molar-refractivity contribution < 1.29 is 23.1 Å². The number of hydrogen-bond acceptors (Lipinski definition) is 3.